The molecule has 1 aromatic carbocycles. The number of benzene rings is 1. The van der Waals surface area contributed by atoms with E-state index in [1.165, 1.54) is 12.1 Å². The van der Waals surface area contributed by atoms with Gasteiger partial charge in [-0.3, -0.25) is 4.79 Å². The van der Waals surface area contributed by atoms with Crippen molar-refractivity contribution >= 4 is 27.1 Å². The van der Waals surface area contributed by atoms with E-state index in [-0.39, 0.29) is 23.5 Å². The topological polar surface area (TPSA) is 115 Å². The van der Waals surface area contributed by atoms with Gasteiger partial charge in [0.1, 0.15) is 0 Å². The van der Waals surface area contributed by atoms with Crippen molar-refractivity contribution in [1.29, 1.82) is 0 Å². The van der Waals surface area contributed by atoms with Crippen molar-refractivity contribution in [1.82, 2.24) is 5.32 Å². The van der Waals surface area contributed by atoms with E-state index in [0.29, 0.717) is 29.8 Å². The van der Waals surface area contributed by atoms with Gasteiger partial charge in [0, 0.05) is 23.0 Å². The van der Waals surface area contributed by atoms with Crippen molar-refractivity contribution in [2.75, 3.05) is 23.0 Å². The average molecular weight is 283 g/mol. The van der Waals surface area contributed by atoms with Crippen molar-refractivity contribution in [3.63, 3.8) is 0 Å². The number of carbonyl (C=O) groups is 1. The monoisotopic (exact) mass is 283 g/mol. The number of sulfone groups is 1. The summed E-state index contributed by atoms with van der Waals surface area (Å²) >= 11 is 0. The van der Waals surface area contributed by atoms with Crippen LogP contribution in [-0.2, 0) is 9.84 Å². The van der Waals surface area contributed by atoms with E-state index in [1.54, 1.807) is 6.07 Å². The second-order valence-corrected chi connectivity index (χ2v) is 7.04. The number of carbonyl (C=O) groups excluding carboxylic acids is 1. The van der Waals surface area contributed by atoms with Crippen molar-refractivity contribution in [2.45, 2.75) is 18.9 Å². The second kappa shape index (κ2) is 5.08. The van der Waals surface area contributed by atoms with Crippen LogP contribution < -0.4 is 16.8 Å². The third-order valence-corrected chi connectivity index (χ3v) is 4.86. The predicted octanol–water partition coefficient (Wildman–Crippen LogP) is 0.158. The lowest BCUT2D eigenvalue weighted by Gasteiger charge is -2.23. The van der Waals surface area contributed by atoms with E-state index in [1.807, 2.05) is 0 Å². The van der Waals surface area contributed by atoms with Crippen LogP contribution in [0.4, 0.5) is 11.4 Å². The van der Waals surface area contributed by atoms with Crippen LogP contribution >= 0.6 is 0 Å². The van der Waals surface area contributed by atoms with Gasteiger partial charge in [-0.15, -0.1) is 0 Å². The van der Waals surface area contributed by atoms with E-state index < -0.39 is 9.84 Å². The number of nitrogen functional groups attached to an aromatic ring is 2. The van der Waals surface area contributed by atoms with Gasteiger partial charge in [0.2, 0.25) is 0 Å². The molecule has 1 atom stereocenters. The van der Waals surface area contributed by atoms with Gasteiger partial charge < -0.3 is 16.8 Å². The van der Waals surface area contributed by atoms with Crippen molar-refractivity contribution in [2.24, 2.45) is 0 Å². The molecule has 2 rings (SSSR count). The second-order valence-electron chi connectivity index (χ2n) is 4.82. The van der Waals surface area contributed by atoms with Gasteiger partial charge in [0.15, 0.2) is 9.84 Å². The van der Waals surface area contributed by atoms with Crippen LogP contribution in [0.25, 0.3) is 0 Å². The predicted molar refractivity (Wildman–Crippen MR) is 74.4 cm³/mol. The zero-order valence-electron chi connectivity index (χ0n) is 10.4. The first-order valence-corrected chi connectivity index (χ1v) is 7.85. The van der Waals surface area contributed by atoms with Crippen molar-refractivity contribution in [3.05, 3.63) is 23.8 Å². The highest BCUT2D eigenvalue weighted by Gasteiger charge is 2.26. The third kappa shape index (κ3) is 3.60. The quantitative estimate of drug-likeness (QED) is 0.669. The van der Waals surface area contributed by atoms with Gasteiger partial charge >= 0.3 is 0 Å². The third-order valence-electron chi connectivity index (χ3n) is 3.04. The Kier molecular flexibility index (Phi) is 3.66. The highest BCUT2D eigenvalue weighted by atomic mass is 32.2. The molecule has 1 amide bonds. The molecule has 1 aromatic rings. The number of hydrogen-bond acceptors (Lipinski definition) is 5. The summed E-state index contributed by atoms with van der Waals surface area (Å²) in [5.74, 6) is -0.151. The lowest BCUT2D eigenvalue weighted by Crippen LogP contribution is -2.43. The first kappa shape index (κ1) is 13.7. The number of amides is 1. The van der Waals surface area contributed by atoms with Gasteiger partial charge in [-0.2, -0.15) is 0 Å². The Hall–Kier alpha value is -1.76. The summed E-state index contributed by atoms with van der Waals surface area (Å²) < 4.78 is 23.0. The lowest BCUT2D eigenvalue weighted by molar-refractivity contribution is 0.0938. The Labute approximate surface area is 112 Å². The Morgan fingerprint density at radius 1 is 1.21 bits per heavy atom. The van der Waals surface area contributed by atoms with Gasteiger partial charge in [0.05, 0.1) is 11.5 Å². The van der Waals surface area contributed by atoms with Gasteiger partial charge in [-0.05, 0) is 31.0 Å². The largest absolute Gasteiger partial charge is 0.399 e. The number of nitrogens with one attached hydrogen (secondary N) is 1. The van der Waals surface area contributed by atoms with Crippen LogP contribution in [0.5, 0.6) is 0 Å². The molecule has 104 valence electrons. The van der Waals surface area contributed by atoms with E-state index >= 15 is 0 Å². The molecule has 1 aliphatic rings. The fourth-order valence-corrected chi connectivity index (χ4v) is 3.85. The van der Waals surface area contributed by atoms with Crippen LogP contribution in [0, 0.1) is 0 Å². The fraction of sp³-hybridized carbons (Fsp3) is 0.417. The maximum absolute atomic E-state index is 12.0. The summed E-state index contributed by atoms with van der Waals surface area (Å²) in [6, 6.07) is 4.25. The molecule has 0 aromatic heterocycles. The Balaban J connectivity index is 2.08. The SMILES string of the molecule is Nc1cc(N)cc(C(=O)NC2CCCS(=O)(=O)C2)c1. The van der Waals surface area contributed by atoms with E-state index in [9.17, 15) is 13.2 Å². The van der Waals surface area contributed by atoms with E-state index in [4.69, 9.17) is 11.5 Å². The molecule has 19 heavy (non-hydrogen) atoms. The Bertz CT molecular complexity index is 578. The minimum absolute atomic E-state index is 0.00343. The lowest BCUT2D eigenvalue weighted by atomic mass is 10.1. The molecule has 0 aliphatic carbocycles. The average Bonchev–Trinajstić information content (AvgIpc) is 2.26. The van der Waals surface area contributed by atoms with Gasteiger partial charge in [0.25, 0.3) is 5.91 Å². The molecule has 1 heterocycles. The summed E-state index contributed by atoms with van der Waals surface area (Å²) in [4.78, 5) is 12.0. The summed E-state index contributed by atoms with van der Waals surface area (Å²) in [6.07, 6.45) is 1.25. The van der Waals surface area contributed by atoms with Gasteiger partial charge in [-0.1, -0.05) is 0 Å². The minimum Gasteiger partial charge on any atom is -0.399 e. The summed E-state index contributed by atoms with van der Waals surface area (Å²) in [5, 5.41) is 2.72. The fourth-order valence-electron chi connectivity index (χ4n) is 2.21. The molecule has 1 aliphatic heterocycles. The molecular weight excluding hydrogens is 266 g/mol. The van der Waals surface area contributed by atoms with Gasteiger partial charge in [-0.25, -0.2) is 8.42 Å². The summed E-state index contributed by atoms with van der Waals surface area (Å²) in [7, 11) is -3.04. The standard InChI is InChI=1S/C12H17N3O3S/c13-9-4-8(5-10(14)6-9)12(16)15-11-2-1-3-19(17,18)7-11/h4-6,11H,1-3,7,13-14H2,(H,15,16). The highest BCUT2D eigenvalue weighted by molar-refractivity contribution is 7.91. The maximum atomic E-state index is 12.0. The zero-order chi connectivity index (χ0) is 14.0. The number of hydrogen-bond donors (Lipinski definition) is 3. The van der Waals surface area contributed by atoms with E-state index in [2.05, 4.69) is 5.32 Å². The van der Waals surface area contributed by atoms with Crippen LogP contribution in [0.15, 0.2) is 18.2 Å². The molecular formula is C12H17N3O3S. The minimum atomic E-state index is -3.04. The first-order chi connectivity index (χ1) is 8.85. The van der Waals surface area contributed by atoms with Crippen molar-refractivity contribution < 1.29 is 13.2 Å². The number of rotatable bonds is 2. The molecule has 0 spiro atoms. The molecule has 0 radical (unpaired) electrons. The van der Waals surface area contributed by atoms with Crippen LogP contribution in [0.1, 0.15) is 23.2 Å². The van der Waals surface area contributed by atoms with Crippen LogP contribution in [-0.4, -0.2) is 31.9 Å². The highest BCUT2D eigenvalue weighted by Crippen LogP contribution is 2.16. The van der Waals surface area contributed by atoms with Crippen molar-refractivity contribution in [3.8, 4) is 0 Å². The molecule has 1 unspecified atom stereocenters. The summed E-state index contributed by atoms with van der Waals surface area (Å²) in [6.45, 7) is 0. The molecule has 0 bridgehead atoms. The maximum Gasteiger partial charge on any atom is 0.251 e. The van der Waals surface area contributed by atoms with E-state index in [0.717, 1.165) is 0 Å². The smallest absolute Gasteiger partial charge is 0.251 e. The molecule has 1 fully saturated rings. The molecule has 7 heteroatoms. The van der Waals surface area contributed by atoms with Crippen LogP contribution in [0.2, 0.25) is 0 Å². The normalized spacial score (nSPS) is 21.8. The molecule has 0 saturated carbocycles. The number of nitrogens with two attached hydrogens (primary N) is 2. The van der Waals surface area contributed by atoms with Crippen LogP contribution in [0.3, 0.4) is 0 Å². The zero-order valence-corrected chi connectivity index (χ0v) is 11.2. The molecule has 6 nitrogen and oxygen atoms in total. The Morgan fingerprint density at radius 2 is 1.84 bits per heavy atom. The molecule has 1 saturated heterocycles. The molecule has 5 N–H and O–H groups in total. The Morgan fingerprint density at radius 3 is 2.42 bits per heavy atom. The number of anilines is 2. The summed E-state index contributed by atoms with van der Waals surface area (Å²) in [5.41, 5.74) is 12.4. The first-order valence-electron chi connectivity index (χ1n) is 6.03.